The van der Waals surface area contributed by atoms with E-state index in [1.807, 2.05) is 13.1 Å². The smallest absolute Gasteiger partial charge is 0.400 e. The first-order chi connectivity index (χ1) is 20.8. The van der Waals surface area contributed by atoms with Crippen LogP contribution in [0.3, 0.4) is 0 Å². The van der Waals surface area contributed by atoms with Crippen molar-refractivity contribution in [2.75, 3.05) is 40.3 Å². The number of allylic oxidation sites excluding steroid dienone is 1. The zero-order valence-corrected chi connectivity index (χ0v) is 25.2. The van der Waals surface area contributed by atoms with Crippen molar-refractivity contribution in [3.8, 4) is 0 Å². The highest BCUT2D eigenvalue weighted by molar-refractivity contribution is 8.18. The van der Waals surface area contributed by atoms with Gasteiger partial charge in [0.15, 0.2) is 5.17 Å². The number of amidine groups is 1. The molecule has 0 spiro atoms. The number of alkyl halides is 6. The molecule has 2 aliphatic heterocycles. The molecule has 0 unspecified atom stereocenters. The van der Waals surface area contributed by atoms with Gasteiger partial charge in [-0.1, -0.05) is 25.1 Å². The van der Waals surface area contributed by atoms with Gasteiger partial charge in [0.2, 0.25) is 0 Å². The Morgan fingerprint density at radius 3 is 2.25 bits per heavy atom. The Morgan fingerprint density at radius 2 is 1.66 bits per heavy atom. The van der Waals surface area contributed by atoms with Gasteiger partial charge >= 0.3 is 12.4 Å². The number of thioether (sulfide) groups is 1. The minimum atomic E-state index is -4.96. The number of carbonyl (C=O) groups excluding carboxylic acids is 1. The highest BCUT2D eigenvalue weighted by Gasteiger charge is 2.38. The molecule has 0 bridgehead atoms. The van der Waals surface area contributed by atoms with Crippen molar-refractivity contribution < 1.29 is 36.2 Å². The van der Waals surface area contributed by atoms with Gasteiger partial charge in [0.05, 0.1) is 34.3 Å². The van der Waals surface area contributed by atoms with Gasteiger partial charge in [-0.05, 0) is 66.7 Å². The fourth-order valence-electron chi connectivity index (χ4n) is 4.32. The molecule has 44 heavy (non-hydrogen) atoms. The summed E-state index contributed by atoms with van der Waals surface area (Å²) >= 11 is 1.30. The quantitative estimate of drug-likeness (QED) is 0.199. The van der Waals surface area contributed by atoms with Crippen molar-refractivity contribution in [1.82, 2.24) is 19.6 Å². The number of piperazine rings is 1. The molecule has 1 amide bonds. The summed E-state index contributed by atoms with van der Waals surface area (Å²) < 4.78 is 80.9. The lowest BCUT2D eigenvalue weighted by atomic mass is 10.0. The van der Waals surface area contributed by atoms with Gasteiger partial charge in [-0.25, -0.2) is 0 Å². The van der Waals surface area contributed by atoms with E-state index in [0.29, 0.717) is 32.6 Å². The van der Waals surface area contributed by atoms with Crippen molar-refractivity contribution in [1.29, 1.82) is 0 Å². The lowest BCUT2D eigenvalue weighted by molar-refractivity contribution is -0.143. The molecule has 0 saturated carbocycles. The van der Waals surface area contributed by atoms with E-state index >= 15 is 0 Å². The summed E-state index contributed by atoms with van der Waals surface area (Å²) in [5, 5.41) is 12.4. The normalized spacial score (nSPS) is 16.8. The first-order valence-electron chi connectivity index (χ1n) is 13.5. The van der Waals surface area contributed by atoms with Crippen LogP contribution in [0.2, 0.25) is 0 Å². The van der Waals surface area contributed by atoms with E-state index < -0.39 is 23.5 Å². The van der Waals surface area contributed by atoms with E-state index in [1.54, 1.807) is 24.3 Å². The van der Waals surface area contributed by atoms with Crippen LogP contribution in [0.5, 0.6) is 0 Å². The number of aromatic nitrogens is 2. The topological polar surface area (TPSA) is 74.0 Å². The second kappa shape index (κ2) is 14.9. The number of likely N-dealkylation sites (N-methyl/N-ethyl adjacent to an activating group) is 1. The molecule has 1 aromatic heterocycles. The predicted octanol–water partition coefficient (Wildman–Crippen LogP) is 6.53. The minimum absolute atomic E-state index is 0.125. The number of fused-ring (bicyclic) bond motifs is 1. The van der Waals surface area contributed by atoms with Crippen LogP contribution in [-0.4, -0.2) is 76.1 Å². The number of amides is 1. The van der Waals surface area contributed by atoms with Gasteiger partial charge in [0, 0.05) is 38.7 Å². The van der Waals surface area contributed by atoms with Gasteiger partial charge in [0.1, 0.15) is 0 Å². The Labute approximate surface area is 255 Å². The van der Waals surface area contributed by atoms with Gasteiger partial charge in [0.25, 0.3) is 5.91 Å². The van der Waals surface area contributed by atoms with Gasteiger partial charge < -0.3 is 14.9 Å². The molecule has 238 valence electrons. The summed E-state index contributed by atoms with van der Waals surface area (Å²) in [4.78, 5) is 21.4. The summed E-state index contributed by atoms with van der Waals surface area (Å²) in [6.07, 6.45) is -3.73. The van der Waals surface area contributed by atoms with E-state index in [2.05, 4.69) is 33.4 Å². The van der Waals surface area contributed by atoms with E-state index in [-0.39, 0.29) is 24.1 Å². The molecule has 0 atom stereocenters. The molecule has 1 N–H and O–H groups in total. The number of hydrogen-bond donors (Lipinski definition) is 1. The van der Waals surface area contributed by atoms with Gasteiger partial charge in [-0.3, -0.25) is 9.48 Å². The summed E-state index contributed by atoms with van der Waals surface area (Å²) in [6, 6.07) is 6.68. The lowest BCUT2D eigenvalue weighted by Crippen LogP contribution is -2.46. The van der Waals surface area contributed by atoms with E-state index in [1.165, 1.54) is 22.6 Å². The Bertz CT molecular complexity index is 1520. The maximum atomic E-state index is 13.6. The second-order valence-corrected chi connectivity index (χ2v) is 10.8. The number of aliphatic hydroxyl groups excluding tert-OH is 1. The van der Waals surface area contributed by atoms with Gasteiger partial charge in [-0.15, -0.1) is 6.58 Å². The molecular formula is C30H33F6N5O2S. The first kappa shape index (κ1) is 34.9. The minimum Gasteiger partial charge on any atom is -0.400 e. The maximum absolute atomic E-state index is 13.6. The average molecular weight is 642 g/mol. The third-order valence-electron chi connectivity index (χ3n) is 6.70. The summed E-state index contributed by atoms with van der Waals surface area (Å²) in [7, 11) is 3.04. The van der Waals surface area contributed by atoms with Crippen LogP contribution in [-0.2, 0) is 23.7 Å². The van der Waals surface area contributed by atoms with E-state index in [0.717, 1.165) is 45.8 Å². The summed E-state index contributed by atoms with van der Waals surface area (Å²) in [5.41, 5.74) is -1.86. The molecule has 3 aromatic rings. The lowest BCUT2D eigenvalue weighted by Gasteiger charge is -2.32. The zero-order valence-electron chi connectivity index (χ0n) is 24.4. The maximum Gasteiger partial charge on any atom is 0.416 e. The second-order valence-electron chi connectivity index (χ2n) is 9.79. The Balaban J connectivity index is 0.000000816. The van der Waals surface area contributed by atoms with E-state index in [9.17, 15) is 31.1 Å². The molecule has 0 radical (unpaired) electrons. The van der Waals surface area contributed by atoms with Crippen molar-refractivity contribution in [2.45, 2.75) is 32.2 Å². The number of halogens is 6. The third kappa shape index (κ3) is 8.73. The zero-order chi connectivity index (χ0) is 32.7. The number of aliphatic hydroxyl groups is 1. The van der Waals surface area contributed by atoms with Crippen LogP contribution in [0, 0.1) is 0 Å². The van der Waals surface area contributed by atoms with Crippen molar-refractivity contribution in [3.05, 3.63) is 82.4 Å². The first-order valence-corrected chi connectivity index (χ1v) is 14.4. The van der Waals surface area contributed by atoms with Crippen LogP contribution < -0.4 is 0 Å². The van der Waals surface area contributed by atoms with Crippen LogP contribution in [0.25, 0.3) is 17.0 Å². The molecular weight excluding hydrogens is 608 g/mol. The molecule has 1 fully saturated rings. The highest BCUT2D eigenvalue weighted by atomic mass is 32.2. The molecule has 3 heterocycles. The number of carbonyl (C=O) groups is 1. The molecule has 7 nitrogen and oxygen atoms in total. The van der Waals surface area contributed by atoms with E-state index in [4.69, 9.17) is 5.11 Å². The van der Waals surface area contributed by atoms with Crippen LogP contribution in [0.4, 0.5) is 26.3 Å². The standard InChI is InChI=1S/C25H21F6N5OS.C4H8.CH4O/c1-34-6-8-35(9-7-34)23-33-22(37)21(38-23)11-15-2-5-20-17(10-15)13-32-36(20)14-16-3-4-18(24(26,27)28)12-19(16)25(29,30)31;1-3-4-2;1-2/h2-5,10-13H,6-9,14H2,1H3;3H,1,4H2,2H3;2H,1H3/b21-11-;;. The number of nitrogens with zero attached hydrogens (tertiary/aromatic N) is 5. The van der Waals surface area contributed by atoms with Crippen LogP contribution >= 0.6 is 11.8 Å². The fraction of sp³-hybridized carbons (Fsp3) is 0.367. The van der Waals surface area contributed by atoms with Crippen molar-refractivity contribution in [3.63, 3.8) is 0 Å². The third-order valence-corrected chi connectivity index (χ3v) is 7.74. The molecule has 2 aromatic carbocycles. The van der Waals surface area contributed by atoms with Gasteiger partial charge in [-0.2, -0.15) is 36.4 Å². The predicted molar refractivity (Wildman–Crippen MR) is 161 cm³/mol. The molecule has 1 saturated heterocycles. The molecule has 2 aliphatic rings. The van der Waals surface area contributed by atoms with Crippen LogP contribution in [0.15, 0.2) is 65.1 Å². The van der Waals surface area contributed by atoms with Crippen molar-refractivity contribution in [2.24, 2.45) is 4.99 Å². The van der Waals surface area contributed by atoms with Crippen LogP contribution in [0.1, 0.15) is 35.6 Å². The number of rotatable bonds is 4. The number of benzene rings is 2. The Morgan fingerprint density at radius 1 is 1.00 bits per heavy atom. The monoisotopic (exact) mass is 641 g/mol. The SMILES string of the molecule is C=CCC.CN1CCN(C2=NC(=O)/C(=C/c3ccc4c(cnn4Cc4ccc(C(F)(F)F)cc4C(F)(F)F)c3)S2)CC1.CO. The highest BCUT2D eigenvalue weighted by Crippen LogP contribution is 2.38. The Hall–Kier alpha value is -3.62. The fourth-order valence-corrected chi connectivity index (χ4v) is 5.28. The number of hydrogen-bond acceptors (Lipinski definition) is 6. The van der Waals surface area contributed by atoms with Crippen molar-refractivity contribution >= 4 is 39.8 Å². The Kier molecular flexibility index (Phi) is 11.8. The molecule has 5 rings (SSSR count). The summed E-state index contributed by atoms with van der Waals surface area (Å²) in [5.74, 6) is -0.332. The molecule has 0 aliphatic carbocycles. The molecule has 14 heteroatoms. The number of aliphatic imine (C=N–C) groups is 1. The average Bonchev–Trinajstić information content (AvgIpc) is 3.56. The largest absolute Gasteiger partial charge is 0.416 e. The summed E-state index contributed by atoms with van der Waals surface area (Å²) in [6.45, 7) is 8.49.